The van der Waals surface area contributed by atoms with E-state index >= 15 is 0 Å². The Labute approximate surface area is 98.6 Å². The first-order valence-electron chi connectivity index (χ1n) is 5.29. The number of hydrogen-bond acceptors (Lipinski definition) is 4. The van der Waals surface area contributed by atoms with Crippen LogP contribution in [0, 0.1) is 5.82 Å². The molecule has 0 saturated heterocycles. The zero-order valence-corrected chi connectivity index (χ0v) is 9.74. The van der Waals surface area contributed by atoms with Crippen LogP contribution in [-0.4, -0.2) is 35.3 Å². The molecule has 94 valence electrons. The van der Waals surface area contributed by atoms with E-state index in [1.165, 1.54) is 6.20 Å². The molecule has 0 bridgehead atoms. The van der Waals surface area contributed by atoms with Gasteiger partial charge in [-0.05, 0) is 19.9 Å². The van der Waals surface area contributed by atoms with Crippen LogP contribution in [0.1, 0.15) is 24.2 Å². The molecular formula is C11H15FN2O3. The highest BCUT2D eigenvalue weighted by molar-refractivity contribution is 5.88. The molecule has 0 saturated carbocycles. The lowest BCUT2D eigenvalue weighted by Gasteiger charge is -2.13. The number of aromatic nitrogens is 1. The molecule has 1 rings (SSSR count). The maximum Gasteiger partial charge on any atom is 0.338 e. The van der Waals surface area contributed by atoms with Crippen molar-refractivity contribution in [1.29, 1.82) is 0 Å². The Morgan fingerprint density at radius 1 is 1.71 bits per heavy atom. The molecule has 1 unspecified atom stereocenters. The molecule has 0 fully saturated rings. The van der Waals surface area contributed by atoms with Crippen molar-refractivity contribution in [3.63, 3.8) is 0 Å². The molecule has 0 spiro atoms. The van der Waals surface area contributed by atoms with Crippen LogP contribution >= 0.6 is 0 Å². The molecule has 5 nitrogen and oxygen atoms in total. The van der Waals surface area contributed by atoms with Crippen LogP contribution in [0.15, 0.2) is 12.3 Å². The Morgan fingerprint density at radius 3 is 3.00 bits per heavy atom. The fourth-order valence-electron chi connectivity index (χ4n) is 1.32. The second-order valence-corrected chi connectivity index (χ2v) is 3.47. The van der Waals surface area contributed by atoms with Crippen molar-refractivity contribution >= 4 is 11.8 Å². The summed E-state index contributed by atoms with van der Waals surface area (Å²) in [6, 6.07) is 1.12. The largest absolute Gasteiger partial charge is 0.478 e. The Balaban J connectivity index is 2.72. The van der Waals surface area contributed by atoms with Gasteiger partial charge in [0, 0.05) is 19.3 Å². The van der Waals surface area contributed by atoms with Crippen molar-refractivity contribution in [2.45, 2.75) is 20.0 Å². The maximum absolute atomic E-state index is 13.6. The molecule has 0 aliphatic carbocycles. The Morgan fingerprint density at radius 2 is 2.41 bits per heavy atom. The number of hydrogen-bond donors (Lipinski definition) is 2. The highest BCUT2D eigenvalue weighted by atomic mass is 19.1. The second-order valence-electron chi connectivity index (χ2n) is 3.47. The predicted octanol–water partition coefficient (Wildman–Crippen LogP) is 1.76. The van der Waals surface area contributed by atoms with Crippen LogP contribution in [0.4, 0.5) is 10.2 Å². The number of carboxylic acids is 1. The highest BCUT2D eigenvalue weighted by Gasteiger charge is 2.15. The third kappa shape index (κ3) is 3.67. The van der Waals surface area contributed by atoms with Gasteiger partial charge in [-0.3, -0.25) is 0 Å². The van der Waals surface area contributed by atoms with Gasteiger partial charge in [-0.2, -0.15) is 0 Å². The monoisotopic (exact) mass is 242 g/mol. The third-order valence-corrected chi connectivity index (χ3v) is 2.13. The van der Waals surface area contributed by atoms with Crippen molar-refractivity contribution in [3.8, 4) is 0 Å². The zero-order valence-electron chi connectivity index (χ0n) is 9.74. The summed E-state index contributed by atoms with van der Waals surface area (Å²) in [7, 11) is 0. The number of pyridine rings is 1. The predicted molar refractivity (Wildman–Crippen MR) is 60.7 cm³/mol. The van der Waals surface area contributed by atoms with Gasteiger partial charge in [0.1, 0.15) is 5.56 Å². The first kappa shape index (κ1) is 13.4. The molecule has 1 aromatic heterocycles. The molecule has 6 heteroatoms. The average Bonchev–Trinajstić information content (AvgIpc) is 2.27. The van der Waals surface area contributed by atoms with Crippen molar-refractivity contribution in [2.24, 2.45) is 0 Å². The van der Waals surface area contributed by atoms with E-state index < -0.39 is 17.3 Å². The Kier molecular flexibility index (Phi) is 4.84. The number of rotatable bonds is 6. The number of carbonyl (C=O) groups is 1. The normalized spacial score (nSPS) is 12.2. The lowest BCUT2D eigenvalue weighted by Crippen LogP contribution is -2.21. The maximum atomic E-state index is 13.6. The molecule has 0 aromatic carbocycles. The van der Waals surface area contributed by atoms with Gasteiger partial charge >= 0.3 is 5.97 Å². The number of ether oxygens (including phenoxy) is 1. The van der Waals surface area contributed by atoms with Crippen LogP contribution in [0.3, 0.4) is 0 Å². The molecular weight excluding hydrogens is 227 g/mol. The quantitative estimate of drug-likeness (QED) is 0.795. The van der Waals surface area contributed by atoms with Gasteiger partial charge in [-0.25, -0.2) is 14.2 Å². The number of carboxylic acid groups (broad SMARTS) is 1. The smallest absolute Gasteiger partial charge is 0.338 e. The summed E-state index contributed by atoms with van der Waals surface area (Å²) >= 11 is 0. The fraction of sp³-hybridized carbons (Fsp3) is 0.455. The molecule has 0 radical (unpaired) electrons. The van der Waals surface area contributed by atoms with Crippen LogP contribution < -0.4 is 5.32 Å². The number of anilines is 1. The van der Waals surface area contributed by atoms with Crippen molar-refractivity contribution in [3.05, 3.63) is 23.6 Å². The van der Waals surface area contributed by atoms with E-state index in [0.717, 1.165) is 6.07 Å². The van der Waals surface area contributed by atoms with Crippen molar-refractivity contribution in [1.82, 2.24) is 4.98 Å². The minimum atomic E-state index is -1.31. The Hall–Kier alpha value is -1.69. The van der Waals surface area contributed by atoms with Gasteiger partial charge in [-0.1, -0.05) is 0 Å². The number of aromatic carboxylic acids is 1. The van der Waals surface area contributed by atoms with Gasteiger partial charge in [0.15, 0.2) is 11.6 Å². The zero-order chi connectivity index (χ0) is 12.8. The fourth-order valence-corrected chi connectivity index (χ4v) is 1.32. The van der Waals surface area contributed by atoms with E-state index in [1.54, 1.807) is 0 Å². The van der Waals surface area contributed by atoms with E-state index in [9.17, 15) is 9.18 Å². The first-order valence-corrected chi connectivity index (χ1v) is 5.29. The van der Waals surface area contributed by atoms with Crippen LogP contribution in [0.5, 0.6) is 0 Å². The lowest BCUT2D eigenvalue weighted by molar-refractivity contribution is 0.0692. The minimum absolute atomic E-state index is 0.0727. The van der Waals surface area contributed by atoms with Crippen LogP contribution in [0.2, 0.25) is 0 Å². The minimum Gasteiger partial charge on any atom is -0.478 e. The van der Waals surface area contributed by atoms with Gasteiger partial charge in [0.25, 0.3) is 0 Å². The topological polar surface area (TPSA) is 71.5 Å². The number of halogens is 1. The number of nitrogens with one attached hydrogen (secondary N) is 1. The standard InChI is InChI=1S/C11H15FN2O3/c1-3-17-7(2)6-14-10-9(12)8(11(15)16)4-5-13-10/h4-5,7H,3,6H2,1-2H3,(H,13,14)(H,15,16). The van der Waals surface area contributed by atoms with E-state index in [0.29, 0.717) is 13.2 Å². The Bertz CT molecular complexity index is 398. The van der Waals surface area contributed by atoms with Crippen molar-refractivity contribution in [2.75, 3.05) is 18.5 Å². The van der Waals surface area contributed by atoms with E-state index in [2.05, 4.69) is 10.3 Å². The molecule has 17 heavy (non-hydrogen) atoms. The SMILES string of the molecule is CCOC(C)CNc1nccc(C(=O)O)c1F. The summed E-state index contributed by atoms with van der Waals surface area (Å²) < 4.78 is 18.9. The lowest BCUT2D eigenvalue weighted by atomic mass is 10.2. The van der Waals surface area contributed by atoms with Crippen LogP contribution in [-0.2, 0) is 4.74 Å². The van der Waals surface area contributed by atoms with Gasteiger partial charge in [0.2, 0.25) is 0 Å². The average molecular weight is 242 g/mol. The van der Waals surface area contributed by atoms with Crippen molar-refractivity contribution < 1.29 is 19.0 Å². The summed E-state index contributed by atoms with van der Waals surface area (Å²) in [6.07, 6.45) is 1.15. The summed E-state index contributed by atoms with van der Waals surface area (Å²) in [4.78, 5) is 14.4. The third-order valence-electron chi connectivity index (χ3n) is 2.13. The molecule has 0 aliphatic rings. The second kappa shape index (κ2) is 6.15. The molecule has 1 aromatic rings. The van der Waals surface area contributed by atoms with E-state index in [-0.39, 0.29) is 11.9 Å². The molecule has 0 aliphatic heterocycles. The van der Waals surface area contributed by atoms with E-state index in [1.807, 2.05) is 13.8 Å². The van der Waals surface area contributed by atoms with Gasteiger partial charge < -0.3 is 15.2 Å². The molecule has 0 amide bonds. The molecule has 1 heterocycles. The van der Waals surface area contributed by atoms with Gasteiger partial charge in [0.05, 0.1) is 6.10 Å². The summed E-state index contributed by atoms with van der Waals surface area (Å²) in [6.45, 7) is 4.62. The van der Waals surface area contributed by atoms with Crippen LogP contribution in [0.25, 0.3) is 0 Å². The molecule has 1 atom stereocenters. The summed E-state index contributed by atoms with van der Waals surface area (Å²) in [5.41, 5.74) is -0.397. The highest BCUT2D eigenvalue weighted by Crippen LogP contribution is 2.14. The summed E-state index contributed by atoms with van der Waals surface area (Å²) in [5, 5.41) is 11.4. The molecule has 2 N–H and O–H groups in total. The number of nitrogens with zero attached hydrogens (tertiary/aromatic N) is 1. The first-order chi connectivity index (χ1) is 8.06. The summed E-state index contributed by atoms with van der Waals surface area (Å²) in [5.74, 6) is -2.24. The van der Waals surface area contributed by atoms with Gasteiger partial charge in [-0.15, -0.1) is 0 Å². The van der Waals surface area contributed by atoms with E-state index in [4.69, 9.17) is 9.84 Å².